The van der Waals surface area contributed by atoms with Crippen LogP contribution in [0.4, 0.5) is 5.69 Å². The van der Waals surface area contributed by atoms with Crippen LogP contribution in [-0.4, -0.2) is 17.6 Å². The van der Waals surface area contributed by atoms with Crippen LogP contribution in [0.25, 0.3) is 0 Å². The summed E-state index contributed by atoms with van der Waals surface area (Å²) < 4.78 is 0. The molecule has 152 valence electrons. The van der Waals surface area contributed by atoms with Crippen LogP contribution >= 0.6 is 11.6 Å². The maximum absolute atomic E-state index is 13.7. The van der Waals surface area contributed by atoms with Crippen molar-refractivity contribution in [3.05, 3.63) is 101 Å². The van der Waals surface area contributed by atoms with Gasteiger partial charge in [-0.1, -0.05) is 48.5 Å². The van der Waals surface area contributed by atoms with E-state index in [1.807, 2.05) is 48.5 Å². The molecule has 2 atom stereocenters. The van der Waals surface area contributed by atoms with E-state index in [9.17, 15) is 14.4 Å². The highest BCUT2D eigenvalue weighted by Gasteiger charge is 2.67. The largest absolute Gasteiger partial charge is 0.295 e. The van der Waals surface area contributed by atoms with Gasteiger partial charge in [0.25, 0.3) is 0 Å². The Hall–Kier alpha value is -3.24. The monoisotopic (exact) mass is 427 g/mol. The minimum absolute atomic E-state index is 0.0667. The number of rotatable bonds is 2. The average molecular weight is 428 g/mol. The van der Waals surface area contributed by atoms with E-state index in [1.165, 1.54) is 11.8 Å². The summed E-state index contributed by atoms with van der Waals surface area (Å²) in [5.74, 6) is -2.02. The summed E-state index contributed by atoms with van der Waals surface area (Å²) in [6, 6.07) is 22.4. The van der Waals surface area contributed by atoms with E-state index in [4.69, 9.17) is 11.6 Å². The van der Waals surface area contributed by atoms with E-state index in [1.54, 1.807) is 24.3 Å². The first-order valence-electron chi connectivity index (χ1n) is 10.3. The lowest BCUT2D eigenvalue weighted by Gasteiger charge is -2.50. The molecule has 1 heterocycles. The molecule has 31 heavy (non-hydrogen) atoms. The molecule has 1 fully saturated rings. The van der Waals surface area contributed by atoms with Crippen molar-refractivity contribution in [2.24, 2.45) is 11.8 Å². The van der Waals surface area contributed by atoms with Gasteiger partial charge >= 0.3 is 0 Å². The van der Waals surface area contributed by atoms with Crippen LogP contribution in [0, 0.1) is 11.8 Å². The van der Waals surface area contributed by atoms with E-state index in [-0.39, 0.29) is 23.5 Å². The lowest BCUT2D eigenvalue weighted by molar-refractivity contribution is -0.122. The molecule has 1 saturated heterocycles. The maximum Gasteiger partial charge on any atom is 0.240 e. The number of ketones is 1. The standard InChI is InChI=1S/C26H18ClNO3/c1-14(29)15-10-12-16(13-11-15)28-24(30)22-21-17-6-2-4-8-19(17)26(27,23(22)25(28)31)20-9-5-3-7-18(20)21/h2-13,21-23H,1H3/t21?,22-,23-,26?/m1/s1. The molecule has 7 rings (SSSR count). The third-order valence-electron chi connectivity index (χ3n) is 7.05. The number of amides is 2. The number of hydrogen-bond donors (Lipinski definition) is 0. The molecule has 0 N–H and O–H groups in total. The number of carbonyl (C=O) groups is 3. The Labute approximate surface area is 184 Å². The fraction of sp³-hybridized carbons (Fsp3) is 0.192. The quantitative estimate of drug-likeness (QED) is 0.340. The van der Waals surface area contributed by atoms with Crippen LogP contribution in [0.15, 0.2) is 72.8 Å². The van der Waals surface area contributed by atoms with Gasteiger partial charge in [0.2, 0.25) is 11.8 Å². The van der Waals surface area contributed by atoms with E-state index < -0.39 is 16.7 Å². The van der Waals surface area contributed by atoms with Crippen molar-refractivity contribution in [2.75, 3.05) is 4.90 Å². The predicted molar refractivity (Wildman–Crippen MR) is 117 cm³/mol. The first kappa shape index (κ1) is 18.5. The Bertz CT molecular complexity index is 1250. The van der Waals surface area contributed by atoms with Crippen molar-refractivity contribution in [2.45, 2.75) is 17.7 Å². The fourth-order valence-corrected chi connectivity index (χ4v) is 6.35. The zero-order valence-electron chi connectivity index (χ0n) is 16.7. The summed E-state index contributed by atoms with van der Waals surface area (Å²) >= 11 is 7.39. The maximum atomic E-state index is 13.7. The molecule has 0 saturated carbocycles. The number of halogens is 1. The molecule has 4 aliphatic rings. The van der Waals surface area contributed by atoms with Gasteiger partial charge in [0.05, 0.1) is 17.5 Å². The molecular weight excluding hydrogens is 410 g/mol. The average Bonchev–Trinajstić information content (AvgIpc) is 3.06. The molecule has 0 aromatic heterocycles. The molecule has 3 aromatic carbocycles. The molecule has 4 nitrogen and oxygen atoms in total. The lowest BCUT2D eigenvalue weighted by atomic mass is 9.54. The van der Waals surface area contributed by atoms with Gasteiger partial charge in [-0.05, 0) is 53.4 Å². The molecule has 0 spiro atoms. The van der Waals surface area contributed by atoms with E-state index in [0.29, 0.717) is 11.3 Å². The zero-order chi connectivity index (χ0) is 21.5. The van der Waals surface area contributed by atoms with Gasteiger partial charge < -0.3 is 0 Å². The highest BCUT2D eigenvalue weighted by Crippen LogP contribution is 2.65. The molecular formula is C26H18ClNO3. The molecule has 0 radical (unpaired) electrons. The smallest absolute Gasteiger partial charge is 0.240 e. The SMILES string of the molecule is CC(=O)c1ccc(N2C(=O)[C@@H]3C4c5ccccc5C(Cl)(c5ccccc54)[C@H]3C2=O)cc1. The minimum atomic E-state index is -1.09. The third-order valence-corrected chi connectivity index (χ3v) is 7.69. The fourth-order valence-electron chi connectivity index (χ4n) is 5.78. The normalized spacial score (nSPS) is 27.7. The Morgan fingerprint density at radius 2 is 1.39 bits per heavy atom. The van der Waals surface area contributed by atoms with E-state index in [2.05, 4.69) is 0 Å². The first-order valence-corrected chi connectivity index (χ1v) is 10.7. The number of benzene rings is 3. The predicted octanol–water partition coefficient (Wildman–Crippen LogP) is 4.64. The van der Waals surface area contributed by atoms with Gasteiger partial charge in [-0.15, -0.1) is 11.6 Å². The topological polar surface area (TPSA) is 54.5 Å². The van der Waals surface area contributed by atoms with Gasteiger partial charge in [-0.25, -0.2) is 4.90 Å². The van der Waals surface area contributed by atoms with E-state index >= 15 is 0 Å². The Kier molecular flexibility index (Phi) is 3.67. The number of anilines is 1. The minimum Gasteiger partial charge on any atom is -0.295 e. The van der Waals surface area contributed by atoms with Crippen molar-refractivity contribution in [3.63, 3.8) is 0 Å². The van der Waals surface area contributed by atoms with Gasteiger partial charge in [0.1, 0.15) is 4.87 Å². The second kappa shape index (κ2) is 6.14. The molecule has 3 aromatic rings. The molecule has 2 amide bonds. The summed E-state index contributed by atoms with van der Waals surface area (Å²) in [5.41, 5.74) is 4.88. The Morgan fingerprint density at radius 3 is 1.94 bits per heavy atom. The summed E-state index contributed by atoms with van der Waals surface area (Å²) in [6.07, 6.45) is 0. The van der Waals surface area contributed by atoms with Crippen LogP contribution < -0.4 is 4.90 Å². The molecule has 1 aliphatic heterocycles. The van der Waals surface area contributed by atoms with Crippen LogP contribution in [0.5, 0.6) is 0 Å². The van der Waals surface area contributed by atoms with Crippen LogP contribution in [0.1, 0.15) is 45.5 Å². The second-order valence-corrected chi connectivity index (χ2v) is 9.08. The van der Waals surface area contributed by atoms with Gasteiger partial charge in [-0.2, -0.15) is 0 Å². The molecule has 0 unspecified atom stereocenters. The van der Waals surface area contributed by atoms with Gasteiger partial charge in [-0.3, -0.25) is 14.4 Å². The van der Waals surface area contributed by atoms with Gasteiger partial charge in [0, 0.05) is 11.5 Å². The number of carbonyl (C=O) groups excluding carboxylic acids is 3. The first-order chi connectivity index (χ1) is 14.9. The van der Waals surface area contributed by atoms with Gasteiger partial charge in [0.15, 0.2) is 5.78 Å². The van der Waals surface area contributed by atoms with Crippen molar-refractivity contribution >= 4 is 34.9 Å². The van der Waals surface area contributed by atoms with Crippen LogP contribution in [-0.2, 0) is 14.5 Å². The highest BCUT2D eigenvalue weighted by atomic mass is 35.5. The Morgan fingerprint density at radius 1 is 0.839 bits per heavy atom. The number of nitrogens with zero attached hydrogens (tertiary/aromatic N) is 1. The lowest BCUT2D eigenvalue weighted by Crippen LogP contribution is -2.50. The summed E-state index contributed by atoms with van der Waals surface area (Å²) in [7, 11) is 0. The summed E-state index contributed by atoms with van der Waals surface area (Å²) in [4.78, 5) is 39.2. The number of imide groups is 1. The molecule has 2 bridgehead atoms. The second-order valence-electron chi connectivity index (χ2n) is 8.48. The van der Waals surface area contributed by atoms with Crippen molar-refractivity contribution in [3.8, 4) is 0 Å². The molecule has 3 aliphatic carbocycles. The number of alkyl halides is 1. The summed E-state index contributed by atoms with van der Waals surface area (Å²) in [6.45, 7) is 1.49. The highest BCUT2D eigenvalue weighted by molar-refractivity contribution is 6.33. The number of hydrogen-bond acceptors (Lipinski definition) is 3. The number of Topliss-reactive ketones (excluding diaryl/α,β-unsaturated/α-hetero) is 1. The molecule has 5 heteroatoms. The van der Waals surface area contributed by atoms with Crippen molar-refractivity contribution in [1.82, 2.24) is 0 Å². The zero-order valence-corrected chi connectivity index (χ0v) is 17.5. The van der Waals surface area contributed by atoms with Crippen LogP contribution in [0.2, 0.25) is 0 Å². The van der Waals surface area contributed by atoms with E-state index in [0.717, 1.165) is 22.3 Å². The third kappa shape index (κ3) is 2.18. The van der Waals surface area contributed by atoms with Crippen LogP contribution in [0.3, 0.4) is 0 Å². The Balaban J connectivity index is 1.55. The van der Waals surface area contributed by atoms with Crippen molar-refractivity contribution in [1.29, 1.82) is 0 Å². The van der Waals surface area contributed by atoms with Crippen molar-refractivity contribution < 1.29 is 14.4 Å². The summed E-state index contributed by atoms with van der Waals surface area (Å²) in [5, 5.41) is 0.